The topological polar surface area (TPSA) is 159 Å². The summed E-state index contributed by atoms with van der Waals surface area (Å²) >= 11 is 0. The first-order chi connectivity index (χ1) is 11.7. The van der Waals surface area contributed by atoms with Gasteiger partial charge in [0.25, 0.3) is 7.82 Å². The van der Waals surface area contributed by atoms with Crippen LogP contribution < -0.4 is 15.1 Å². The van der Waals surface area contributed by atoms with E-state index in [1.54, 1.807) is 0 Å². The van der Waals surface area contributed by atoms with Crippen LogP contribution in [0.1, 0.15) is 6.42 Å². The SMILES string of the molecule is CNCCCOCC(O)COP(=O)([O-])OCCOCCOP(C)(=O)[O-]. The van der Waals surface area contributed by atoms with E-state index in [0.29, 0.717) is 6.61 Å². The number of nitrogens with one attached hydrogen (secondary N) is 1. The van der Waals surface area contributed by atoms with Gasteiger partial charge in [-0.2, -0.15) is 0 Å². The fourth-order valence-corrected chi connectivity index (χ4v) is 2.54. The van der Waals surface area contributed by atoms with Crippen molar-refractivity contribution >= 4 is 15.4 Å². The molecule has 0 heterocycles. The van der Waals surface area contributed by atoms with E-state index in [9.17, 15) is 24.0 Å². The number of ether oxygens (including phenoxy) is 2. The number of phosphoric ester groups is 1. The van der Waals surface area contributed by atoms with Crippen LogP contribution in [-0.4, -0.2) is 77.7 Å². The van der Waals surface area contributed by atoms with E-state index in [1.807, 2.05) is 7.05 Å². The highest BCUT2D eigenvalue weighted by Gasteiger charge is 2.13. The van der Waals surface area contributed by atoms with Crippen molar-refractivity contribution in [2.45, 2.75) is 12.5 Å². The van der Waals surface area contributed by atoms with Gasteiger partial charge >= 0.3 is 0 Å². The Bertz CT molecular complexity index is 419. The Balaban J connectivity index is 3.63. The fraction of sp³-hybridized carbons (Fsp3) is 1.00. The van der Waals surface area contributed by atoms with E-state index >= 15 is 0 Å². The van der Waals surface area contributed by atoms with E-state index in [0.717, 1.165) is 19.6 Å². The molecule has 0 aliphatic rings. The van der Waals surface area contributed by atoms with Gasteiger partial charge in [-0.3, -0.25) is 4.57 Å². The lowest BCUT2D eigenvalue weighted by molar-refractivity contribution is -0.228. The molecule has 0 saturated heterocycles. The van der Waals surface area contributed by atoms with Gasteiger partial charge in [0.1, 0.15) is 13.7 Å². The van der Waals surface area contributed by atoms with Crippen LogP contribution in [0.15, 0.2) is 0 Å². The molecule has 11 nitrogen and oxygen atoms in total. The van der Waals surface area contributed by atoms with Crippen molar-refractivity contribution in [1.82, 2.24) is 5.32 Å². The second-order valence-electron chi connectivity index (χ2n) is 4.98. The Morgan fingerprint density at radius 1 is 0.960 bits per heavy atom. The predicted octanol–water partition coefficient (Wildman–Crippen LogP) is -1.31. The summed E-state index contributed by atoms with van der Waals surface area (Å²) in [6.07, 6.45) is -0.325. The van der Waals surface area contributed by atoms with Crippen LogP contribution in [0.3, 0.4) is 0 Å². The molecule has 13 heteroatoms. The summed E-state index contributed by atoms with van der Waals surface area (Å²) in [5, 5.41) is 12.5. The zero-order valence-corrected chi connectivity index (χ0v) is 16.2. The average Bonchev–Trinajstić information content (AvgIpc) is 2.51. The van der Waals surface area contributed by atoms with E-state index in [2.05, 4.69) is 18.9 Å². The van der Waals surface area contributed by atoms with Gasteiger partial charge in [-0.15, -0.1) is 0 Å². The molecular weight excluding hydrogens is 380 g/mol. The Morgan fingerprint density at radius 3 is 2.20 bits per heavy atom. The van der Waals surface area contributed by atoms with Crippen LogP contribution in [0, 0.1) is 0 Å². The molecular formula is C12H27NO10P2-2. The van der Waals surface area contributed by atoms with E-state index in [-0.39, 0.29) is 33.0 Å². The van der Waals surface area contributed by atoms with Gasteiger partial charge in [0.05, 0.1) is 39.6 Å². The highest BCUT2D eigenvalue weighted by Crippen LogP contribution is 2.38. The van der Waals surface area contributed by atoms with Crippen molar-refractivity contribution in [1.29, 1.82) is 0 Å². The largest absolute Gasteiger partial charge is 0.779 e. The first kappa shape index (κ1) is 25.1. The molecule has 3 unspecified atom stereocenters. The van der Waals surface area contributed by atoms with Gasteiger partial charge in [-0.05, 0) is 20.0 Å². The monoisotopic (exact) mass is 407 g/mol. The normalized spacial score (nSPS) is 17.8. The number of aliphatic hydroxyl groups excluding tert-OH is 1. The lowest BCUT2D eigenvalue weighted by Crippen LogP contribution is -2.24. The zero-order valence-electron chi connectivity index (χ0n) is 14.5. The third kappa shape index (κ3) is 18.7. The molecule has 0 aliphatic carbocycles. The van der Waals surface area contributed by atoms with Gasteiger partial charge < -0.3 is 47.8 Å². The zero-order chi connectivity index (χ0) is 19.2. The van der Waals surface area contributed by atoms with Crippen molar-refractivity contribution in [3.8, 4) is 0 Å². The molecule has 0 bridgehead atoms. The smallest absolute Gasteiger partial charge is 0.268 e. The molecule has 152 valence electrons. The van der Waals surface area contributed by atoms with Crippen LogP contribution in [0.2, 0.25) is 0 Å². The molecule has 0 radical (unpaired) electrons. The van der Waals surface area contributed by atoms with Crippen LogP contribution in [-0.2, 0) is 32.2 Å². The second-order valence-corrected chi connectivity index (χ2v) is 8.19. The Kier molecular flexibility index (Phi) is 14.3. The lowest BCUT2D eigenvalue weighted by atomic mass is 10.4. The molecule has 25 heavy (non-hydrogen) atoms. The number of rotatable bonds is 17. The third-order valence-electron chi connectivity index (χ3n) is 2.48. The maximum Gasteiger partial charge on any atom is 0.268 e. The first-order valence-corrected chi connectivity index (χ1v) is 11.1. The molecule has 0 spiro atoms. The van der Waals surface area contributed by atoms with E-state index < -0.39 is 28.1 Å². The summed E-state index contributed by atoms with van der Waals surface area (Å²) in [5.74, 6) is 0. The number of phosphoric acid groups is 1. The van der Waals surface area contributed by atoms with Gasteiger partial charge in [-0.1, -0.05) is 0 Å². The Morgan fingerprint density at radius 2 is 1.60 bits per heavy atom. The number of hydrogen-bond acceptors (Lipinski definition) is 11. The van der Waals surface area contributed by atoms with Gasteiger partial charge in [-0.25, -0.2) is 0 Å². The van der Waals surface area contributed by atoms with Crippen LogP contribution in [0.5, 0.6) is 0 Å². The molecule has 0 saturated carbocycles. The molecule has 0 aromatic rings. The summed E-state index contributed by atoms with van der Waals surface area (Å²) in [5.41, 5.74) is 0. The Labute approximate surface area is 147 Å². The maximum absolute atomic E-state index is 11.4. The van der Waals surface area contributed by atoms with Crippen molar-refractivity contribution in [2.24, 2.45) is 0 Å². The molecule has 0 amide bonds. The van der Waals surface area contributed by atoms with E-state index in [4.69, 9.17) is 9.47 Å². The molecule has 0 aliphatic heterocycles. The van der Waals surface area contributed by atoms with Crippen LogP contribution >= 0.6 is 15.4 Å². The molecule has 0 rings (SSSR count). The average molecular weight is 407 g/mol. The molecule has 0 fully saturated rings. The minimum Gasteiger partial charge on any atom is -0.779 e. The molecule has 3 atom stereocenters. The third-order valence-corrected chi connectivity index (χ3v) is 4.10. The van der Waals surface area contributed by atoms with E-state index in [1.165, 1.54) is 0 Å². The standard InChI is InChI=1S/C12H29NO10P2/c1-13-4-3-5-20-10-12(14)11-23-25(17,18)22-9-7-19-6-8-21-24(2,15)16/h12-14H,3-11H2,1-2H3,(H,15,16)(H,17,18)/p-2. The summed E-state index contributed by atoms with van der Waals surface area (Å²) in [7, 11) is -6.54. The highest BCUT2D eigenvalue weighted by atomic mass is 31.2. The summed E-state index contributed by atoms with van der Waals surface area (Å²) < 4.78 is 45.7. The minimum absolute atomic E-state index is 0.0307. The molecule has 2 N–H and O–H groups in total. The summed E-state index contributed by atoms with van der Waals surface area (Å²) in [4.78, 5) is 22.1. The number of aliphatic hydroxyl groups is 1. The second kappa shape index (κ2) is 14.2. The summed E-state index contributed by atoms with van der Waals surface area (Å²) in [6.45, 7) is 1.03. The molecule has 0 aromatic carbocycles. The van der Waals surface area contributed by atoms with Gasteiger partial charge in [0, 0.05) is 13.3 Å². The quantitative estimate of drug-likeness (QED) is 0.218. The highest BCUT2D eigenvalue weighted by molar-refractivity contribution is 7.50. The lowest BCUT2D eigenvalue weighted by Gasteiger charge is -2.24. The first-order valence-electron chi connectivity index (χ1n) is 7.67. The maximum atomic E-state index is 11.4. The van der Waals surface area contributed by atoms with Crippen LogP contribution in [0.25, 0.3) is 0 Å². The fourth-order valence-electron chi connectivity index (χ4n) is 1.41. The van der Waals surface area contributed by atoms with Crippen molar-refractivity contribution in [3.05, 3.63) is 0 Å². The van der Waals surface area contributed by atoms with Gasteiger partial charge in [0.15, 0.2) is 0 Å². The minimum atomic E-state index is -4.56. The van der Waals surface area contributed by atoms with Crippen molar-refractivity contribution in [3.63, 3.8) is 0 Å². The van der Waals surface area contributed by atoms with Crippen LogP contribution in [0.4, 0.5) is 0 Å². The number of hydrogen-bond donors (Lipinski definition) is 2. The molecule has 0 aromatic heterocycles. The summed E-state index contributed by atoms with van der Waals surface area (Å²) in [6, 6.07) is 0. The van der Waals surface area contributed by atoms with Crippen molar-refractivity contribution in [2.75, 3.05) is 66.5 Å². The predicted molar refractivity (Wildman–Crippen MR) is 85.2 cm³/mol. The van der Waals surface area contributed by atoms with Crippen molar-refractivity contribution < 1.29 is 47.1 Å². The van der Waals surface area contributed by atoms with Gasteiger partial charge in [0.2, 0.25) is 0 Å². The Hall–Kier alpha value is 0.1000.